The van der Waals surface area contributed by atoms with E-state index in [9.17, 15) is 14.4 Å². The van der Waals surface area contributed by atoms with Crippen LogP contribution in [-0.2, 0) is 40.4 Å². The smallest absolute Gasteiger partial charge is 0.255 e. The first kappa shape index (κ1) is 33.3. The molecule has 0 aliphatic carbocycles. The van der Waals surface area contributed by atoms with Crippen LogP contribution in [0.15, 0.2) is 60.9 Å². The quantitative estimate of drug-likeness (QED) is 0.149. The van der Waals surface area contributed by atoms with Gasteiger partial charge in [0.1, 0.15) is 23.0 Å². The van der Waals surface area contributed by atoms with E-state index in [1.54, 1.807) is 28.5 Å². The van der Waals surface area contributed by atoms with Crippen molar-refractivity contribution in [2.75, 3.05) is 0 Å². The average molecular weight is 710 g/mol. The van der Waals surface area contributed by atoms with E-state index >= 15 is 0 Å². The van der Waals surface area contributed by atoms with E-state index in [0.717, 1.165) is 62.2 Å². The number of benzene rings is 2. The Kier molecular flexibility index (Phi) is 9.02. The lowest BCUT2D eigenvalue weighted by atomic mass is 10.0. The van der Waals surface area contributed by atoms with Crippen LogP contribution in [0.2, 0.25) is 0 Å². The van der Waals surface area contributed by atoms with E-state index in [4.69, 9.17) is 4.74 Å². The summed E-state index contributed by atoms with van der Waals surface area (Å²) in [4.78, 5) is 39.7. The first-order valence-corrected chi connectivity index (χ1v) is 18.2. The van der Waals surface area contributed by atoms with Gasteiger partial charge in [-0.25, -0.2) is 0 Å². The molecule has 0 bridgehead atoms. The van der Waals surface area contributed by atoms with Crippen molar-refractivity contribution in [3.8, 4) is 28.7 Å². The van der Waals surface area contributed by atoms with E-state index in [1.165, 1.54) is 5.56 Å². The SMILES string of the molecule is Cc1nnc2n1-c1sc(C#Cc3cnn(CCCC#Cc4cccc5c4CN(C4CCC(=O)NC4=O)C5=O)c3)c(Cc3ccccc3)c1CO[C@H]2C. The van der Waals surface area contributed by atoms with Gasteiger partial charge in [0.15, 0.2) is 5.82 Å². The first-order valence-electron chi connectivity index (χ1n) is 17.4. The van der Waals surface area contributed by atoms with E-state index in [1.807, 2.05) is 42.9 Å². The van der Waals surface area contributed by atoms with Gasteiger partial charge in [0.05, 0.1) is 23.2 Å². The van der Waals surface area contributed by atoms with Crippen molar-refractivity contribution in [1.29, 1.82) is 0 Å². The fourth-order valence-electron chi connectivity index (χ4n) is 6.95. The lowest BCUT2D eigenvalue weighted by Gasteiger charge is -2.29. The number of thiophene rings is 1. The molecular formula is C40H35N7O4S. The number of carbonyl (C=O) groups excluding carboxylic acids is 3. The van der Waals surface area contributed by atoms with Gasteiger partial charge in [-0.1, -0.05) is 60.1 Å². The molecule has 8 rings (SSSR count). The summed E-state index contributed by atoms with van der Waals surface area (Å²) in [6.07, 6.45) is 6.31. The van der Waals surface area contributed by atoms with Crippen LogP contribution in [0.4, 0.5) is 0 Å². The van der Waals surface area contributed by atoms with Gasteiger partial charge in [-0.2, -0.15) is 5.10 Å². The first-order chi connectivity index (χ1) is 25.3. The number of aromatic nitrogens is 5. The monoisotopic (exact) mass is 709 g/mol. The van der Waals surface area contributed by atoms with Crippen LogP contribution in [-0.4, -0.2) is 53.2 Å². The molecule has 1 unspecified atom stereocenters. The van der Waals surface area contributed by atoms with Gasteiger partial charge >= 0.3 is 0 Å². The molecule has 3 amide bonds. The summed E-state index contributed by atoms with van der Waals surface area (Å²) in [5.41, 5.74) is 6.50. The third kappa shape index (κ3) is 6.43. The molecule has 0 radical (unpaired) electrons. The maximum atomic E-state index is 13.1. The van der Waals surface area contributed by atoms with E-state index in [0.29, 0.717) is 38.1 Å². The Morgan fingerprint density at radius 3 is 2.73 bits per heavy atom. The summed E-state index contributed by atoms with van der Waals surface area (Å²) in [7, 11) is 0. The molecule has 6 heterocycles. The molecule has 3 aromatic heterocycles. The Morgan fingerprint density at radius 2 is 1.88 bits per heavy atom. The summed E-state index contributed by atoms with van der Waals surface area (Å²) >= 11 is 1.65. The van der Waals surface area contributed by atoms with Crippen molar-refractivity contribution in [3.63, 3.8) is 0 Å². The Morgan fingerprint density at radius 1 is 1.02 bits per heavy atom. The van der Waals surface area contributed by atoms with Gasteiger partial charge in [-0.15, -0.1) is 21.5 Å². The highest BCUT2D eigenvalue weighted by atomic mass is 32.1. The minimum absolute atomic E-state index is 0.167. The number of carbonyl (C=O) groups is 3. The Hall–Kier alpha value is -5.82. The number of nitrogens with one attached hydrogen (secondary N) is 1. The highest BCUT2D eigenvalue weighted by Gasteiger charge is 2.39. The fraction of sp³-hybridized carbons (Fsp3) is 0.300. The van der Waals surface area contributed by atoms with Crippen LogP contribution in [0.5, 0.6) is 0 Å². The number of imide groups is 1. The zero-order valence-electron chi connectivity index (χ0n) is 28.8. The number of unbranched alkanes of at least 4 members (excludes halogenated alkanes) is 1. The van der Waals surface area contributed by atoms with Crippen LogP contribution in [0.1, 0.15) is 99.0 Å². The van der Waals surface area contributed by atoms with Crippen molar-refractivity contribution in [2.45, 2.75) is 77.8 Å². The second kappa shape index (κ2) is 14.1. The van der Waals surface area contributed by atoms with Gasteiger partial charge in [0.25, 0.3) is 5.91 Å². The summed E-state index contributed by atoms with van der Waals surface area (Å²) in [5.74, 6) is 14.0. The molecule has 3 aliphatic rings. The molecule has 52 heavy (non-hydrogen) atoms. The van der Waals surface area contributed by atoms with E-state index in [2.05, 4.69) is 73.1 Å². The normalized spacial score (nSPS) is 17.7. The molecule has 1 N–H and O–H groups in total. The van der Waals surface area contributed by atoms with E-state index in [-0.39, 0.29) is 24.3 Å². The molecule has 1 fully saturated rings. The lowest BCUT2D eigenvalue weighted by Crippen LogP contribution is -2.52. The molecule has 0 saturated carbocycles. The third-order valence-corrected chi connectivity index (χ3v) is 10.8. The number of piperidine rings is 1. The topological polar surface area (TPSA) is 124 Å². The molecule has 260 valence electrons. The zero-order valence-corrected chi connectivity index (χ0v) is 29.6. The van der Waals surface area contributed by atoms with Crippen LogP contribution >= 0.6 is 11.3 Å². The minimum atomic E-state index is -0.649. The molecular weight excluding hydrogens is 675 g/mol. The van der Waals surface area contributed by atoms with E-state index < -0.39 is 11.9 Å². The lowest BCUT2D eigenvalue weighted by molar-refractivity contribution is -0.136. The molecule has 2 atom stereocenters. The van der Waals surface area contributed by atoms with Gasteiger partial charge in [0.2, 0.25) is 11.8 Å². The standard InChI is InChI=1S/C40H35N7O4S/c1-25-37-44-43-26(2)47(37)40-33(24-51-25)31(20-27-10-5-3-6-11-27)35(52-40)17-15-28-21-41-45(22-28)19-8-4-7-12-29-13-9-14-30-32(29)23-46(39(30)50)34-16-18-36(48)42-38(34)49/h3,5-6,9-11,13-14,21-22,25,34H,4,8,16,18-20,23-24H2,1-2H3,(H,42,48,49)/t25-,34?/m0/s1. The maximum absolute atomic E-state index is 13.1. The second-order valence-electron chi connectivity index (χ2n) is 13.1. The Labute approximate surface area is 305 Å². The molecule has 2 aromatic carbocycles. The maximum Gasteiger partial charge on any atom is 0.255 e. The molecule has 1 saturated heterocycles. The molecule has 12 heteroatoms. The summed E-state index contributed by atoms with van der Waals surface area (Å²) in [6.45, 7) is 5.44. The summed E-state index contributed by atoms with van der Waals surface area (Å²) in [6, 6.07) is 15.3. The number of aryl methyl sites for hydroxylation is 2. The number of hydrogen-bond donors (Lipinski definition) is 1. The molecule has 5 aromatic rings. The van der Waals surface area contributed by atoms with Crippen molar-refractivity contribution >= 4 is 29.1 Å². The van der Waals surface area contributed by atoms with Crippen LogP contribution in [0, 0.1) is 30.6 Å². The van der Waals surface area contributed by atoms with Crippen molar-refractivity contribution in [1.82, 2.24) is 34.8 Å². The van der Waals surface area contributed by atoms with Crippen molar-refractivity contribution < 1.29 is 19.1 Å². The van der Waals surface area contributed by atoms with Crippen LogP contribution < -0.4 is 5.32 Å². The minimum Gasteiger partial charge on any atom is -0.366 e. The van der Waals surface area contributed by atoms with Crippen LogP contribution in [0.3, 0.4) is 0 Å². The van der Waals surface area contributed by atoms with Crippen LogP contribution in [0.25, 0.3) is 5.00 Å². The largest absolute Gasteiger partial charge is 0.366 e. The van der Waals surface area contributed by atoms with Gasteiger partial charge < -0.3 is 9.64 Å². The predicted octanol–water partition coefficient (Wildman–Crippen LogP) is 5.01. The Balaban J connectivity index is 0.947. The average Bonchev–Trinajstić information content (AvgIpc) is 3.90. The van der Waals surface area contributed by atoms with Gasteiger partial charge in [-0.3, -0.25) is 28.9 Å². The molecule has 3 aliphatic heterocycles. The fourth-order valence-corrected chi connectivity index (χ4v) is 8.18. The third-order valence-electron chi connectivity index (χ3n) is 9.66. The second-order valence-corrected chi connectivity index (χ2v) is 14.1. The molecule has 0 spiro atoms. The zero-order chi connectivity index (χ0) is 35.8. The molecule has 11 nitrogen and oxygen atoms in total. The van der Waals surface area contributed by atoms with Gasteiger partial charge in [-0.05, 0) is 61.9 Å². The number of fused-ring (bicyclic) bond motifs is 4. The number of amides is 3. The predicted molar refractivity (Wildman–Crippen MR) is 193 cm³/mol. The van der Waals surface area contributed by atoms with Crippen molar-refractivity contribution in [3.05, 3.63) is 116 Å². The van der Waals surface area contributed by atoms with Gasteiger partial charge in [0, 0.05) is 48.8 Å². The number of hydrogen-bond acceptors (Lipinski definition) is 8. The summed E-state index contributed by atoms with van der Waals surface area (Å²) in [5, 5.41) is 16.7. The number of nitrogens with zero attached hydrogens (tertiary/aromatic N) is 6. The van der Waals surface area contributed by atoms with Crippen molar-refractivity contribution in [2.24, 2.45) is 0 Å². The number of ether oxygens (including phenoxy) is 1. The number of rotatable bonds is 6. The summed E-state index contributed by atoms with van der Waals surface area (Å²) < 4.78 is 10.2. The highest BCUT2D eigenvalue weighted by Crippen LogP contribution is 2.39. The highest BCUT2D eigenvalue weighted by molar-refractivity contribution is 7.15. The Bertz CT molecular complexity index is 2350.